The molecule has 1 N–H and O–H groups in total. The van der Waals surface area contributed by atoms with Crippen LogP contribution in [0.1, 0.15) is 29.2 Å². The third-order valence-corrected chi connectivity index (χ3v) is 4.14. The van der Waals surface area contributed by atoms with E-state index in [1.54, 1.807) is 0 Å². The molecule has 1 heterocycles. The lowest BCUT2D eigenvalue weighted by atomic mass is 10.0. The molecule has 1 aliphatic rings. The van der Waals surface area contributed by atoms with Crippen molar-refractivity contribution in [2.45, 2.75) is 26.3 Å². The summed E-state index contributed by atoms with van der Waals surface area (Å²) in [5.74, 6) is 1.44. The Morgan fingerprint density at radius 1 is 1.22 bits per heavy atom. The van der Waals surface area contributed by atoms with Crippen molar-refractivity contribution in [3.05, 3.63) is 59.2 Å². The number of para-hydroxylation sites is 1. The first-order chi connectivity index (χ1) is 11.1. The predicted molar refractivity (Wildman–Crippen MR) is 88.8 cm³/mol. The molecule has 0 fully saturated rings. The van der Waals surface area contributed by atoms with Gasteiger partial charge in [-0.15, -0.1) is 0 Å². The van der Waals surface area contributed by atoms with Crippen LogP contribution in [-0.2, 0) is 4.79 Å². The SMILES string of the molecule is Cc1ccc(OCC(=O)N[C@H]2CCOc3ccccc32)cc1C. The molecule has 23 heavy (non-hydrogen) atoms. The molecular weight excluding hydrogens is 290 g/mol. The number of hydrogen-bond donors (Lipinski definition) is 1. The molecule has 0 radical (unpaired) electrons. The van der Waals surface area contributed by atoms with Crippen LogP contribution in [0.5, 0.6) is 11.5 Å². The zero-order valence-electron chi connectivity index (χ0n) is 13.5. The highest BCUT2D eigenvalue weighted by Gasteiger charge is 2.22. The van der Waals surface area contributed by atoms with Crippen LogP contribution in [0.3, 0.4) is 0 Å². The van der Waals surface area contributed by atoms with E-state index in [9.17, 15) is 4.79 Å². The highest BCUT2D eigenvalue weighted by atomic mass is 16.5. The van der Waals surface area contributed by atoms with Crippen molar-refractivity contribution in [1.29, 1.82) is 0 Å². The van der Waals surface area contributed by atoms with Gasteiger partial charge < -0.3 is 14.8 Å². The average molecular weight is 311 g/mol. The number of nitrogens with one attached hydrogen (secondary N) is 1. The lowest BCUT2D eigenvalue weighted by Crippen LogP contribution is -2.35. The third-order valence-electron chi connectivity index (χ3n) is 4.14. The zero-order valence-corrected chi connectivity index (χ0v) is 13.5. The summed E-state index contributed by atoms with van der Waals surface area (Å²) in [7, 11) is 0. The monoisotopic (exact) mass is 311 g/mol. The van der Waals surface area contributed by atoms with E-state index in [4.69, 9.17) is 9.47 Å². The second-order valence-electron chi connectivity index (χ2n) is 5.83. The Kier molecular flexibility index (Phi) is 4.51. The Balaban J connectivity index is 1.59. The molecule has 0 aliphatic carbocycles. The molecule has 3 rings (SSSR count). The summed E-state index contributed by atoms with van der Waals surface area (Å²) < 4.78 is 11.2. The molecule has 2 aromatic carbocycles. The molecule has 0 aromatic heterocycles. The van der Waals surface area contributed by atoms with Gasteiger partial charge in [-0.1, -0.05) is 24.3 Å². The number of carbonyl (C=O) groups excluding carboxylic acids is 1. The van der Waals surface area contributed by atoms with Crippen molar-refractivity contribution >= 4 is 5.91 Å². The third kappa shape index (κ3) is 3.65. The van der Waals surface area contributed by atoms with E-state index < -0.39 is 0 Å². The van der Waals surface area contributed by atoms with Crippen molar-refractivity contribution in [3.8, 4) is 11.5 Å². The average Bonchev–Trinajstić information content (AvgIpc) is 2.56. The number of ether oxygens (including phenoxy) is 2. The molecule has 0 saturated heterocycles. The largest absolute Gasteiger partial charge is 0.493 e. The second-order valence-corrected chi connectivity index (χ2v) is 5.83. The molecule has 4 heteroatoms. The lowest BCUT2D eigenvalue weighted by Gasteiger charge is -2.26. The van der Waals surface area contributed by atoms with Gasteiger partial charge in [-0.3, -0.25) is 4.79 Å². The Morgan fingerprint density at radius 2 is 2.04 bits per heavy atom. The normalized spacial score (nSPS) is 16.2. The standard InChI is InChI=1S/C19H21NO3/c1-13-7-8-15(11-14(13)2)23-12-19(21)20-17-9-10-22-18-6-4-3-5-16(17)18/h3-8,11,17H,9-10,12H2,1-2H3,(H,20,21)/t17-/m0/s1. The van der Waals surface area contributed by atoms with E-state index >= 15 is 0 Å². The smallest absolute Gasteiger partial charge is 0.258 e. The highest BCUT2D eigenvalue weighted by Crippen LogP contribution is 2.31. The molecule has 2 aromatic rings. The molecular formula is C19H21NO3. The summed E-state index contributed by atoms with van der Waals surface area (Å²) in [5.41, 5.74) is 3.39. The number of amides is 1. The molecule has 120 valence electrons. The molecule has 1 amide bonds. The minimum Gasteiger partial charge on any atom is -0.493 e. The van der Waals surface area contributed by atoms with Gasteiger partial charge in [0, 0.05) is 12.0 Å². The van der Waals surface area contributed by atoms with Crippen molar-refractivity contribution in [2.24, 2.45) is 0 Å². The maximum Gasteiger partial charge on any atom is 0.258 e. The van der Waals surface area contributed by atoms with Crippen molar-refractivity contribution < 1.29 is 14.3 Å². The van der Waals surface area contributed by atoms with E-state index in [0.717, 1.165) is 29.0 Å². The van der Waals surface area contributed by atoms with Crippen molar-refractivity contribution in [3.63, 3.8) is 0 Å². The predicted octanol–water partition coefficient (Wildman–Crippen LogP) is 3.32. The van der Waals surface area contributed by atoms with Crippen LogP contribution in [-0.4, -0.2) is 19.1 Å². The van der Waals surface area contributed by atoms with Gasteiger partial charge in [-0.25, -0.2) is 0 Å². The molecule has 0 bridgehead atoms. The van der Waals surface area contributed by atoms with Crippen LogP contribution in [0.25, 0.3) is 0 Å². The minimum atomic E-state index is -0.120. The fourth-order valence-corrected chi connectivity index (χ4v) is 2.68. The lowest BCUT2D eigenvalue weighted by molar-refractivity contribution is -0.124. The number of carbonyl (C=O) groups is 1. The van der Waals surface area contributed by atoms with Crippen LogP contribution >= 0.6 is 0 Å². The zero-order chi connectivity index (χ0) is 16.2. The van der Waals surface area contributed by atoms with E-state index in [-0.39, 0.29) is 18.6 Å². The number of benzene rings is 2. The first kappa shape index (κ1) is 15.4. The van der Waals surface area contributed by atoms with Crippen LogP contribution in [0, 0.1) is 13.8 Å². The quantitative estimate of drug-likeness (QED) is 0.942. The molecule has 4 nitrogen and oxygen atoms in total. The van der Waals surface area contributed by atoms with E-state index in [1.807, 2.05) is 49.4 Å². The summed E-state index contributed by atoms with van der Waals surface area (Å²) in [6.07, 6.45) is 0.770. The van der Waals surface area contributed by atoms with Crippen LogP contribution < -0.4 is 14.8 Å². The summed E-state index contributed by atoms with van der Waals surface area (Å²) in [6.45, 7) is 4.71. The number of aryl methyl sites for hydroxylation is 2. The van der Waals surface area contributed by atoms with Gasteiger partial charge in [0.15, 0.2) is 6.61 Å². The van der Waals surface area contributed by atoms with Crippen LogP contribution in [0.2, 0.25) is 0 Å². The Bertz CT molecular complexity index is 712. The number of rotatable bonds is 4. The van der Waals surface area contributed by atoms with Gasteiger partial charge in [0.1, 0.15) is 11.5 Å². The highest BCUT2D eigenvalue weighted by molar-refractivity contribution is 5.78. The van der Waals surface area contributed by atoms with Gasteiger partial charge >= 0.3 is 0 Å². The fraction of sp³-hybridized carbons (Fsp3) is 0.316. The summed E-state index contributed by atoms with van der Waals surface area (Å²) in [6, 6.07) is 13.6. The molecule has 0 spiro atoms. The summed E-state index contributed by atoms with van der Waals surface area (Å²) in [5, 5.41) is 3.03. The molecule has 0 saturated carbocycles. The van der Waals surface area contributed by atoms with E-state index in [2.05, 4.69) is 12.2 Å². The second kappa shape index (κ2) is 6.73. The van der Waals surface area contributed by atoms with Gasteiger partial charge in [-0.05, 0) is 43.2 Å². The Morgan fingerprint density at radius 3 is 2.87 bits per heavy atom. The van der Waals surface area contributed by atoms with Gasteiger partial charge in [-0.2, -0.15) is 0 Å². The number of fused-ring (bicyclic) bond motifs is 1. The number of hydrogen-bond acceptors (Lipinski definition) is 3. The summed E-state index contributed by atoms with van der Waals surface area (Å²) >= 11 is 0. The molecule has 1 atom stereocenters. The van der Waals surface area contributed by atoms with E-state index in [1.165, 1.54) is 5.56 Å². The maximum absolute atomic E-state index is 12.2. The Hall–Kier alpha value is -2.49. The topological polar surface area (TPSA) is 47.6 Å². The van der Waals surface area contributed by atoms with Crippen molar-refractivity contribution in [1.82, 2.24) is 5.32 Å². The fourth-order valence-electron chi connectivity index (χ4n) is 2.68. The van der Waals surface area contributed by atoms with Gasteiger partial charge in [0.05, 0.1) is 12.6 Å². The maximum atomic E-state index is 12.2. The van der Waals surface area contributed by atoms with Gasteiger partial charge in [0.2, 0.25) is 0 Å². The van der Waals surface area contributed by atoms with Gasteiger partial charge in [0.25, 0.3) is 5.91 Å². The first-order valence-electron chi connectivity index (χ1n) is 7.84. The Labute approximate surface area is 136 Å². The minimum absolute atomic E-state index is 0.0159. The van der Waals surface area contributed by atoms with Crippen molar-refractivity contribution in [2.75, 3.05) is 13.2 Å². The molecule has 1 aliphatic heterocycles. The molecule has 0 unspecified atom stereocenters. The summed E-state index contributed by atoms with van der Waals surface area (Å²) in [4.78, 5) is 12.2. The van der Waals surface area contributed by atoms with Crippen LogP contribution in [0.4, 0.5) is 0 Å². The van der Waals surface area contributed by atoms with Crippen LogP contribution in [0.15, 0.2) is 42.5 Å². The first-order valence-corrected chi connectivity index (χ1v) is 7.84. The van der Waals surface area contributed by atoms with E-state index in [0.29, 0.717) is 6.61 Å².